The van der Waals surface area contributed by atoms with Gasteiger partial charge in [-0.2, -0.15) is 0 Å². The first-order valence-corrected chi connectivity index (χ1v) is 9.62. The molecule has 0 N–H and O–H groups in total. The quantitative estimate of drug-likeness (QED) is 0.603. The highest BCUT2D eigenvalue weighted by atomic mass is 32.1. The van der Waals surface area contributed by atoms with Crippen LogP contribution in [0.15, 0.2) is 60.0 Å². The number of carbonyl (C=O) groups excluding carboxylic acids is 1. The number of benzene rings is 2. The van der Waals surface area contributed by atoms with Crippen molar-refractivity contribution in [1.29, 1.82) is 0 Å². The van der Waals surface area contributed by atoms with Gasteiger partial charge in [0, 0.05) is 23.2 Å². The molecule has 2 aromatic carbocycles. The summed E-state index contributed by atoms with van der Waals surface area (Å²) >= 11 is 1.56. The molecule has 0 unspecified atom stereocenters. The number of para-hydroxylation sites is 1. The molecule has 0 aliphatic rings. The average Bonchev–Trinajstić information content (AvgIpc) is 3.12. The Bertz CT molecular complexity index is 844. The van der Waals surface area contributed by atoms with E-state index in [1.165, 1.54) is 0 Å². The number of rotatable bonds is 7. The first-order valence-electron chi connectivity index (χ1n) is 8.74. The maximum Gasteiger partial charge on any atom is 0.233 e. The molecule has 3 rings (SSSR count). The Hall–Kier alpha value is -2.66. The van der Waals surface area contributed by atoms with Crippen LogP contribution >= 0.6 is 11.3 Å². The number of hydrogen-bond donors (Lipinski definition) is 0. The maximum absolute atomic E-state index is 12.7. The van der Waals surface area contributed by atoms with Crippen LogP contribution in [0.5, 0.6) is 5.75 Å². The van der Waals surface area contributed by atoms with E-state index in [0.717, 1.165) is 27.7 Å². The van der Waals surface area contributed by atoms with Gasteiger partial charge in [0.2, 0.25) is 5.91 Å². The van der Waals surface area contributed by atoms with Crippen molar-refractivity contribution in [3.8, 4) is 16.3 Å². The molecule has 3 aromatic rings. The number of amides is 1. The summed E-state index contributed by atoms with van der Waals surface area (Å²) in [5, 5.41) is 2.88. The largest absolute Gasteiger partial charge is 0.494 e. The van der Waals surface area contributed by atoms with Gasteiger partial charge in [0.05, 0.1) is 18.7 Å². The minimum Gasteiger partial charge on any atom is -0.494 e. The van der Waals surface area contributed by atoms with Gasteiger partial charge in [0.25, 0.3) is 0 Å². The van der Waals surface area contributed by atoms with E-state index >= 15 is 0 Å². The molecular formula is C21H22N2O2S. The van der Waals surface area contributed by atoms with E-state index in [0.29, 0.717) is 19.6 Å². The van der Waals surface area contributed by atoms with Crippen molar-refractivity contribution in [2.75, 3.05) is 18.1 Å². The molecule has 0 bridgehead atoms. The van der Waals surface area contributed by atoms with Gasteiger partial charge < -0.3 is 9.64 Å². The van der Waals surface area contributed by atoms with Crippen LogP contribution in [0.4, 0.5) is 5.69 Å². The summed E-state index contributed by atoms with van der Waals surface area (Å²) in [7, 11) is 0. The first-order chi connectivity index (χ1) is 12.7. The van der Waals surface area contributed by atoms with Gasteiger partial charge >= 0.3 is 0 Å². The molecule has 1 aromatic heterocycles. The van der Waals surface area contributed by atoms with Crippen molar-refractivity contribution in [2.24, 2.45) is 0 Å². The Morgan fingerprint density at radius 1 is 1.08 bits per heavy atom. The minimum absolute atomic E-state index is 0.0576. The Balaban J connectivity index is 1.70. The number of ether oxygens (including phenoxy) is 1. The molecule has 134 valence electrons. The van der Waals surface area contributed by atoms with Gasteiger partial charge in [-0.15, -0.1) is 11.3 Å². The van der Waals surface area contributed by atoms with E-state index < -0.39 is 0 Å². The van der Waals surface area contributed by atoms with Crippen LogP contribution in [-0.2, 0) is 11.2 Å². The fourth-order valence-corrected chi connectivity index (χ4v) is 3.57. The number of hydrogen-bond acceptors (Lipinski definition) is 4. The lowest BCUT2D eigenvalue weighted by Gasteiger charge is -2.20. The van der Waals surface area contributed by atoms with Gasteiger partial charge in [-0.25, -0.2) is 4.98 Å². The zero-order valence-corrected chi connectivity index (χ0v) is 15.8. The fraction of sp³-hybridized carbons (Fsp3) is 0.238. The smallest absolute Gasteiger partial charge is 0.233 e. The molecule has 0 saturated carbocycles. The molecule has 1 heterocycles. The molecular weight excluding hydrogens is 344 g/mol. The molecule has 0 radical (unpaired) electrons. The highest BCUT2D eigenvalue weighted by Gasteiger charge is 2.16. The molecule has 5 heteroatoms. The zero-order valence-electron chi connectivity index (χ0n) is 15.0. The standard InChI is InChI=1S/C21H22N2O2S/c1-3-23(18-8-6-5-7-9-18)20(24)14-17-15-26-21(22-17)16-10-12-19(13-11-16)25-4-2/h5-13,15H,3-4,14H2,1-2H3. The van der Waals surface area contributed by atoms with Crippen LogP contribution in [-0.4, -0.2) is 24.0 Å². The molecule has 0 aliphatic carbocycles. The number of anilines is 1. The van der Waals surface area contributed by atoms with Crippen LogP contribution in [0, 0.1) is 0 Å². The van der Waals surface area contributed by atoms with Gasteiger partial charge in [-0.1, -0.05) is 18.2 Å². The van der Waals surface area contributed by atoms with E-state index in [2.05, 4.69) is 4.98 Å². The van der Waals surface area contributed by atoms with Crippen molar-refractivity contribution >= 4 is 22.9 Å². The number of nitrogens with zero attached hydrogens (tertiary/aromatic N) is 2. The van der Waals surface area contributed by atoms with Crippen LogP contribution in [0.25, 0.3) is 10.6 Å². The van der Waals surface area contributed by atoms with Crippen molar-refractivity contribution < 1.29 is 9.53 Å². The topological polar surface area (TPSA) is 42.4 Å². The van der Waals surface area contributed by atoms with Gasteiger partial charge in [-0.3, -0.25) is 4.79 Å². The molecule has 26 heavy (non-hydrogen) atoms. The molecule has 0 saturated heterocycles. The third kappa shape index (κ3) is 4.29. The Morgan fingerprint density at radius 3 is 2.46 bits per heavy atom. The summed E-state index contributed by atoms with van der Waals surface area (Å²) in [4.78, 5) is 19.1. The van der Waals surface area contributed by atoms with E-state index in [-0.39, 0.29) is 5.91 Å². The molecule has 0 fully saturated rings. The van der Waals surface area contributed by atoms with Crippen LogP contribution in [0.2, 0.25) is 0 Å². The van der Waals surface area contributed by atoms with Crippen molar-refractivity contribution in [1.82, 2.24) is 4.98 Å². The molecule has 0 atom stereocenters. The third-order valence-electron chi connectivity index (χ3n) is 3.98. The summed E-state index contributed by atoms with van der Waals surface area (Å²) in [6, 6.07) is 17.6. The van der Waals surface area contributed by atoms with Crippen molar-refractivity contribution in [3.63, 3.8) is 0 Å². The van der Waals surface area contributed by atoms with Crippen molar-refractivity contribution in [2.45, 2.75) is 20.3 Å². The first kappa shape index (κ1) is 18.1. The van der Waals surface area contributed by atoms with Crippen LogP contribution < -0.4 is 9.64 Å². The van der Waals surface area contributed by atoms with E-state index in [9.17, 15) is 4.79 Å². The summed E-state index contributed by atoms with van der Waals surface area (Å²) in [6.07, 6.45) is 0.302. The van der Waals surface area contributed by atoms with Gasteiger partial charge in [0.1, 0.15) is 10.8 Å². The average molecular weight is 366 g/mol. The second-order valence-electron chi connectivity index (χ2n) is 5.75. The summed E-state index contributed by atoms with van der Waals surface area (Å²) < 4.78 is 5.47. The Kier molecular flexibility index (Phi) is 6.02. The Labute approximate surface area is 158 Å². The van der Waals surface area contributed by atoms with E-state index in [1.807, 2.05) is 73.8 Å². The molecule has 1 amide bonds. The van der Waals surface area contributed by atoms with Crippen molar-refractivity contribution in [3.05, 3.63) is 65.7 Å². The monoisotopic (exact) mass is 366 g/mol. The predicted octanol–water partition coefficient (Wildman–Crippen LogP) is 4.80. The molecule has 4 nitrogen and oxygen atoms in total. The van der Waals surface area contributed by atoms with E-state index in [1.54, 1.807) is 16.2 Å². The number of thiazole rings is 1. The lowest BCUT2D eigenvalue weighted by atomic mass is 10.2. The number of aromatic nitrogens is 1. The highest BCUT2D eigenvalue weighted by Crippen LogP contribution is 2.26. The molecule has 0 aliphatic heterocycles. The highest BCUT2D eigenvalue weighted by molar-refractivity contribution is 7.13. The SMILES string of the molecule is CCOc1ccc(-c2nc(CC(=O)N(CC)c3ccccc3)cs2)cc1. The van der Waals surface area contributed by atoms with Gasteiger partial charge in [-0.05, 0) is 50.2 Å². The summed E-state index contributed by atoms with van der Waals surface area (Å²) in [5.41, 5.74) is 2.76. The second kappa shape index (κ2) is 8.63. The Morgan fingerprint density at radius 2 is 1.81 bits per heavy atom. The lowest BCUT2D eigenvalue weighted by molar-refractivity contribution is -0.118. The third-order valence-corrected chi connectivity index (χ3v) is 4.92. The zero-order chi connectivity index (χ0) is 18.4. The van der Waals surface area contributed by atoms with Crippen LogP contribution in [0.1, 0.15) is 19.5 Å². The maximum atomic E-state index is 12.7. The second-order valence-corrected chi connectivity index (χ2v) is 6.61. The number of carbonyl (C=O) groups is 1. The van der Waals surface area contributed by atoms with Crippen LogP contribution in [0.3, 0.4) is 0 Å². The molecule has 0 spiro atoms. The predicted molar refractivity (Wildman–Crippen MR) is 107 cm³/mol. The summed E-state index contributed by atoms with van der Waals surface area (Å²) in [5.74, 6) is 0.909. The normalized spacial score (nSPS) is 10.5. The van der Waals surface area contributed by atoms with E-state index in [4.69, 9.17) is 4.74 Å². The number of likely N-dealkylation sites (N-methyl/N-ethyl adjacent to an activating group) is 1. The summed E-state index contributed by atoms with van der Waals surface area (Å²) in [6.45, 7) is 5.24. The van der Waals surface area contributed by atoms with Gasteiger partial charge in [0.15, 0.2) is 0 Å². The lowest BCUT2D eigenvalue weighted by Crippen LogP contribution is -2.32. The minimum atomic E-state index is 0.0576. The fourth-order valence-electron chi connectivity index (χ4n) is 2.74.